The minimum Gasteiger partial charge on any atom is -0.463 e. The summed E-state index contributed by atoms with van der Waals surface area (Å²) in [5.74, 6) is -0.00664. The van der Waals surface area contributed by atoms with Gasteiger partial charge in [0.2, 0.25) is 0 Å². The van der Waals surface area contributed by atoms with Crippen molar-refractivity contribution in [3.63, 3.8) is 0 Å². The van der Waals surface area contributed by atoms with Crippen LogP contribution in [0.15, 0.2) is 74.0 Å². The van der Waals surface area contributed by atoms with Gasteiger partial charge in [0.25, 0.3) is 11.2 Å². The van der Waals surface area contributed by atoms with Crippen molar-refractivity contribution in [2.75, 3.05) is 6.61 Å². The second-order valence-corrected chi connectivity index (χ2v) is 10.8. The van der Waals surface area contributed by atoms with Gasteiger partial charge in [0.1, 0.15) is 17.6 Å². The Morgan fingerprint density at radius 3 is 2.67 bits per heavy atom. The molecule has 12 heteroatoms. The molecule has 4 aromatic rings. The molecule has 0 bridgehead atoms. The SMILES string of the molecule is CCOC(=O)C1=C(C)N=c2s/c(=C\c3ccc(Cl)cc3Cl)c(=O)n2[C@@H]1c1ccc(-c2cc([N+](=O)[O-])ccc2C)o1. The van der Waals surface area contributed by atoms with Crippen molar-refractivity contribution < 1.29 is 18.9 Å². The lowest BCUT2D eigenvalue weighted by atomic mass is 10.0. The van der Waals surface area contributed by atoms with Crippen LogP contribution in [0, 0.1) is 17.0 Å². The Morgan fingerprint density at radius 2 is 1.98 bits per heavy atom. The van der Waals surface area contributed by atoms with Crippen LogP contribution in [-0.2, 0) is 9.53 Å². The maximum atomic E-state index is 13.8. The van der Waals surface area contributed by atoms with E-state index in [4.69, 9.17) is 32.4 Å². The number of rotatable bonds is 6. The van der Waals surface area contributed by atoms with Crippen molar-refractivity contribution in [1.29, 1.82) is 0 Å². The van der Waals surface area contributed by atoms with Crippen molar-refractivity contribution in [1.82, 2.24) is 4.57 Å². The number of carbonyl (C=O) groups is 1. The van der Waals surface area contributed by atoms with E-state index in [1.807, 2.05) is 0 Å². The van der Waals surface area contributed by atoms with Crippen LogP contribution in [0.1, 0.15) is 36.8 Å². The molecule has 2 aromatic heterocycles. The van der Waals surface area contributed by atoms with Gasteiger partial charge in [-0.2, -0.15) is 0 Å². The molecule has 0 radical (unpaired) electrons. The first-order chi connectivity index (χ1) is 19.1. The largest absolute Gasteiger partial charge is 0.463 e. The summed E-state index contributed by atoms with van der Waals surface area (Å²) in [6, 6.07) is 11.7. The first-order valence-electron chi connectivity index (χ1n) is 12.1. The van der Waals surface area contributed by atoms with Crippen LogP contribution in [0.2, 0.25) is 10.0 Å². The topological polar surface area (TPSA) is 117 Å². The summed E-state index contributed by atoms with van der Waals surface area (Å²) in [5.41, 5.74) is 1.91. The summed E-state index contributed by atoms with van der Waals surface area (Å²) in [7, 11) is 0. The molecule has 0 amide bonds. The lowest BCUT2D eigenvalue weighted by Crippen LogP contribution is -2.39. The van der Waals surface area contributed by atoms with Crippen molar-refractivity contribution >= 4 is 52.3 Å². The third-order valence-corrected chi connectivity index (χ3v) is 7.91. The average molecular weight is 598 g/mol. The Labute approximate surface area is 241 Å². The number of ether oxygens (including phenoxy) is 1. The smallest absolute Gasteiger partial charge is 0.338 e. The highest BCUT2D eigenvalue weighted by molar-refractivity contribution is 7.07. The molecular formula is C28H21Cl2N3O6S. The molecule has 1 aliphatic rings. The summed E-state index contributed by atoms with van der Waals surface area (Å²) in [4.78, 5) is 42.7. The number of non-ortho nitro benzene ring substituents is 1. The predicted octanol–water partition coefficient (Wildman–Crippen LogP) is 5.58. The first-order valence-corrected chi connectivity index (χ1v) is 13.7. The second-order valence-electron chi connectivity index (χ2n) is 8.93. The van der Waals surface area contributed by atoms with Gasteiger partial charge < -0.3 is 9.15 Å². The number of hydrogen-bond donors (Lipinski definition) is 0. The molecule has 0 fully saturated rings. The molecule has 0 N–H and O–H groups in total. The molecule has 9 nitrogen and oxygen atoms in total. The molecule has 3 heterocycles. The number of esters is 1. The number of aryl methyl sites for hydroxylation is 1. The molecular weight excluding hydrogens is 577 g/mol. The molecule has 0 spiro atoms. The van der Waals surface area contributed by atoms with E-state index in [0.29, 0.717) is 42.0 Å². The maximum Gasteiger partial charge on any atom is 0.338 e. The third kappa shape index (κ3) is 5.01. The number of aromatic nitrogens is 1. The number of nitro benzene ring substituents is 1. The molecule has 0 unspecified atom stereocenters. The highest BCUT2D eigenvalue weighted by atomic mass is 35.5. The van der Waals surface area contributed by atoms with E-state index in [9.17, 15) is 19.7 Å². The zero-order valence-electron chi connectivity index (χ0n) is 21.4. The molecule has 5 rings (SSSR count). The Kier molecular flexibility index (Phi) is 7.50. The fourth-order valence-corrected chi connectivity index (χ4v) is 5.95. The standard InChI is InChI=1S/C28H21Cl2N3O6S/c1-4-38-27(35)24-15(3)31-28-32(26(34)23(40-28)11-16-6-7-17(29)12-20(16)30)25(24)22-10-9-21(39-22)19-13-18(33(36)37)8-5-14(19)2/h5-13,25H,4H2,1-3H3/b23-11-/t25-/m1/s1. The Bertz CT molecular complexity index is 1900. The van der Waals surface area contributed by atoms with Crippen LogP contribution in [-0.4, -0.2) is 22.1 Å². The van der Waals surface area contributed by atoms with Gasteiger partial charge in [-0.15, -0.1) is 0 Å². The monoisotopic (exact) mass is 597 g/mol. The molecule has 1 aliphatic heterocycles. The molecule has 1 atom stereocenters. The van der Waals surface area contributed by atoms with Crippen LogP contribution in [0.3, 0.4) is 0 Å². The van der Waals surface area contributed by atoms with Crippen LogP contribution in [0.4, 0.5) is 5.69 Å². The van der Waals surface area contributed by atoms with Gasteiger partial charge in [0.05, 0.1) is 27.3 Å². The summed E-state index contributed by atoms with van der Waals surface area (Å²) in [6.45, 7) is 5.28. The zero-order chi connectivity index (χ0) is 28.7. The predicted molar refractivity (Wildman–Crippen MR) is 152 cm³/mol. The molecule has 40 heavy (non-hydrogen) atoms. The van der Waals surface area contributed by atoms with Crippen LogP contribution in [0.25, 0.3) is 17.4 Å². The van der Waals surface area contributed by atoms with Crippen LogP contribution < -0.4 is 14.9 Å². The van der Waals surface area contributed by atoms with Crippen molar-refractivity contribution in [3.8, 4) is 11.3 Å². The van der Waals surface area contributed by atoms with Gasteiger partial charge in [-0.3, -0.25) is 19.5 Å². The number of thiazole rings is 1. The quantitative estimate of drug-likeness (QED) is 0.163. The van der Waals surface area contributed by atoms with Crippen molar-refractivity contribution in [2.45, 2.75) is 26.8 Å². The van der Waals surface area contributed by atoms with E-state index in [-0.39, 0.29) is 23.6 Å². The molecule has 204 valence electrons. The molecule has 0 saturated heterocycles. The number of allylic oxidation sites excluding steroid dienone is 1. The number of benzene rings is 2. The van der Waals surface area contributed by atoms with Gasteiger partial charge in [-0.25, -0.2) is 9.79 Å². The van der Waals surface area contributed by atoms with Gasteiger partial charge in [0, 0.05) is 27.7 Å². The van der Waals surface area contributed by atoms with E-state index >= 15 is 0 Å². The van der Waals surface area contributed by atoms with E-state index in [0.717, 1.165) is 16.9 Å². The number of fused-ring (bicyclic) bond motifs is 1. The number of nitrogens with zero attached hydrogens (tertiary/aromatic N) is 3. The number of carbonyl (C=O) groups excluding carboxylic acids is 1. The minimum atomic E-state index is -0.981. The summed E-state index contributed by atoms with van der Waals surface area (Å²) < 4.78 is 13.2. The fraction of sp³-hybridized carbons (Fsp3) is 0.179. The first kappa shape index (κ1) is 27.6. The van der Waals surface area contributed by atoms with Gasteiger partial charge in [0.15, 0.2) is 4.80 Å². The van der Waals surface area contributed by atoms with E-state index in [1.54, 1.807) is 63.2 Å². The molecule has 0 aliphatic carbocycles. The second kappa shape index (κ2) is 10.9. The highest BCUT2D eigenvalue weighted by Crippen LogP contribution is 2.36. The van der Waals surface area contributed by atoms with E-state index in [2.05, 4.69) is 4.99 Å². The minimum absolute atomic E-state index is 0.0876. The van der Waals surface area contributed by atoms with Crippen LogP contribution >= 0.6 is 34.5 Å². The average Bonchev–Trinajstić information content (AvgIpc) is 3.50. The summed E-state index contributed by atoms with van der Waals surface area (Å²) in [5, 5.41) is 12.2. The number of furan rings is 1. The third-order valence-electron chi connectivity index (χ3n) is 6.36. The normalized spacial score (nSPS) is 15.1. The lowest BCUT2D eigenvalue weighted by molar-refractivity contribution is -0.384. The molecule has 2 aromatic carbocycles. The van der Waals surface area contributed by atoms with Crippen LogP contribution in [0.5, 0.6) is 0 Å². The van der Waals surface area contributed by atoms with E-state index < -0.39 is 22.5 Å². The fourth-order valence-electron chi connectivity index (χ4n) is 4.45. The number of hydrogen-bond acceptors (Lipinski definition) is 8. The molecule has 0 saturated carbocycles. The highest BCUT2D eigenvalue weighted by Gasteiger charge is 2.35. The van der Waals surface area contributed by atoms with Gasteiger partial charge in [-0.1, -0.05) is 46.7 Å². The number of halogens is 2. The maximum absolute atomic E-state index is 13.8. The van der Waals surface area contributed by atoms with Gasteiger partial charge >= 0.3 is 5.97 Å². The van der Waals surface area contributed by atoms with Crippen molar-refractivity contribution in [3.05, 3.63) is 117 Å². The lowest BCUT2D eigenvalue weighted by Gasteiger charge is -2.22. The van der Waals surface area contributed by atoms with E-state index in [1.165, 1.54) is 16.7 Å². The van der Waals surface area contributed by atoms with Gasteiger partial charge in [-0.05, 0) is 62.2 Å². The Morgan fingerprint density at radius 1 is 1.20 bits per heavy atom. The summed E-state index contributed by atoms with van der Waals surface area (Å²) in [6.07, 6.45) is 1.64. The summed E-state index contributed by atoms with van der Waals surface area (Å²) >= 11 is 13.5. The Hall–Kier alpha value is -3.99. The van der Waals surface area contributed by atoms with Crippen molar-refractivity contribution in [2.24, 2.45) is 4.99 Å². The Balaban J connectivity index is 1.70. The number of nitro groups is 1. The zero-order valence-corrected chi connectivity index (χ0v) is 23.8.